The van der Waals surface area contributed by atoms with Gasteiger partial charge in [-0.2, -0.15) is 13.2 Å². The Hall–Kier alpha value is -2.12. The van der Waals surface area contributed by atoms with E-state index in [9.17, 15) is 17.6 Å². The number of halogens is 4. The minimum absolute atomic E-state index is 0.152. The van der Waals surface area contributed by atoms with Crippen molar-refractivity contribution in [2.24, 2.45) is 5.92 Å². The molecule has 7 heteroatoms. The summed E-state index contributed by atoms with van der Waals surface area (Å²) in [6, 6.07) is 14.5. The van der Waals surface area contributed by atoms with Gasteiger partial charge in [0.15, 0.2) is 0 Å². The molecule has 2 atom stereocenters. The third kappa shape index (κ3) is 5.21. The lowest BCUT2D eigenvalue weighted by Gasteiger charge is -2.42. The second-order valence-corrected chi connectivity index (χ2v) is 8.64. The van der Waals surface area contributed by atoms with Crippen LogP contribution < -0.4 is 4.74 Å². The topological polar surface area (TPSA) is 15.7 Å². The zero-order valence-corrected chi connectivity index (χ0v) is 17.6. The molecule has 2 aromatic rings. The van der Waals surface area contributed by atoms with Crippen molar-refractivity contribution in [1.29, 1.82) is 0 Å². The summed E-state index contributed by atoms with van der Waals surface area (Å²) in [6.07, 6.45) is -3.66. The third-order valence-corrected chi connectivity index (χ3v) is 6.25. The Labute approximate surface area is 180 Å². The molecule has 2 aliphatic rings. The van der Waals surface area contributed by atoms with Crippen molar-refractivity contribution in [2.75, 3.05) is 39.5 Å². The van der Waals surface area contributed by atoms with Crippen LogP contribution in [0.2, 0.25) is 0 Å². The largest absolute Gasteiger partial charge is 0.492 e. The van der Waals surface area contributed by atoms with Crippen molar-refractivity contribution < 1.29 is 22.3 Å². The highest BCUT2D eigenvalue weighted by Crippen LogP contribution is 2.39. The van der Waals surface area contributed by atoms with Gasteiger partial charge < -0.3 is 4.74 Å². The van der Waals surface area contributed by atoms with E-state index in [1.165, 1.54) is 0 Å². The van der Waals surface area contributed by atoms with Gasteiger partial charge in [-0.1, -0.05) is 36.4 Å². The molecule has 0 N–H and O–H groups in total. The van der Waals surface area contributed by atoms with Gasteiger partial charge >= 0.3 is 6.18 Å². The monoisotopic (exact) mass is 436 g/mol. The van der Waals surface area contributed by atoms with Gasteiger partial charge in [0.25, 0.3) is 0 Å². The number of likely N-dealkylation sites (tertiary alicyclic amines) is 1. The summed E-state index contributed by atoms with van der Waals surface area (Å²) < 4.78 is 58.3. The second kappa shape index (κ2) is 9.17. The Balaban J connectivity index is 1.47. The van der Waals surface area contributed by atoms with Gasteiger partial charge in [0.05, 0.1) is 19.3 Å². The molecule has 1 unspecified atom stereocenters. The highest BCUT2D eigenvalue weighted by molar-refractivity contribution is 5.42. The lowest BCUT2D eigenvalue weighted by molar-refractivity contribution is -0.155. The highest BCUT2D eigenvalue weighted by atomic mass is 19.4. The molecule has 4 rings (SSSR count). The number of alkyl halides is 4. The summed E-state index contributed by atoms with van der Waals surface area (Å²) in [5.74, 6) is 0.838. The van der Waals surface area contributed by atoms with Crippen molar-refractivity contribution in [1.82, 2.24) is 9.80 Å². The Morgan fingerprint density at radius 1 is 1.03 bits per heavy atom. The van der Waals surface area contributed by atoms with Crippen LogP contribution in [0.15, 0.2) is 48.5 Å². The normalized spacial score (nSPS) is 22.7. The molecule has 0 saturated carbocycles. The number of nitrogens with zero attached hydrogens (tertiary/aromatic N) is 2. The van der Waals surface area contributed by atoms with E-state index in [1.54, 1.807) is 4.90 Å². The number of hydrogen-bond acceptors (Lipinski definition) is 3. The lowest BCUT2D eigenvalue weighted by Crippen LogP contribution is -2.49. The van der Waals surface area contributed by atoms with Crippen LogP contribution in [0.3, 0.4) is 0 Å². The van der Waals surface area contributed by atoms with Crippen LogP contribution in [0.4, 0.5) is 17.6 Å². The van der Waals surface area contributed by atoms with Gasteiger partial charge in [-0.25, -0.2) is 0 Å². The smallest absolute Gasteiger partial charge is 0.401 e. The first kappa shape index (κ1) is 22.1. The standard InChI is InChI=1S/C24H28F4N2O/c1-17-12-20-4-2-3-5-22(20)23(30(17)16-24(26,27)28)19-6-8-21(9-7-19)31-11-10-29-14-18(13-25)15-29/h2-9,17-18,23H,10-16H2,1H3/t17-,23?/m0/s1. The Kier molecular flexibility index (Phi) is 6.53. The predicted octanol–water partition coefficient (Wildman–Crippen LogP) is 4.87. The minimum Gasteiger partial charge on any atom is -0.492 e. The van der Waals surface area contributed by atoms with Gasteiger partial charge in [0.1, 0.15) is 12.4 Å². The minimum atomic E-state index is -4.26. The van der Waals surface area contributed by atoms with E-state index in [0.717, 1.165) is 36.3 Å². The van der Waals surface area contributed by atoms with Crippen molar-refractivity contribution in [2.45, 2.75) is 31.6 Å². The Morgan fingerprint density at radius 3 is 2.42 bits per heavy atom. The van der Waals surface area contributed by atoms with Crippen LogP contribution in [-0.2, 0) is 6.42 Å². The first-order chi connectivity index (χ1) is 14.8. The zero-order valence-electron chi connectivity index (χ0n) is 17.6. The molecule has 0 aliphatic carbocycles. The molecule has 0 radical (unpaired) electrons. The second-order valence-electron chi connectivity index (χ2n) is 8.64. The number of benzene rings is 2. The van der Waals surface area contributed by atoms with E-state index >= 15 is 0 Å². The van der Waals surface area contributed by atoms with Crippen LogP contribution in [0.25, 0.3) is 0 Å². The van der Waals surface area contributed by atoms with Gasteiger partial charge in [0.2, 0.25) is 0 Å². The maximum Gasteiger partial charge on any atom is 0.401 e. The van der Waals surface area contributed by atoms with E-state index in [-0.39, 0.29) is 18.6 Å². The zero-order chi connectivity index (χ0) is 22.0. The summed E-state index contributed by atoms with van der Waals surface area (Å²) >= 11 is 0. The maximum atomic E-state index is 13.3. The molecule has 3 nitrogen and oxygen atoms in total. The molecule has 2 aromatic carbocycles. The molecule has 1 fully saturated rings. The third-order valence-electron chi connectivity index (χ3n) is 6.25. The fourth-order valence-corrected chi connectivity index (χ4v) is 4.68. The molecule has 2 heterocycles. The van der Waals surface area contributed by atoms with E-state index in [2.05, 4.69) is 4.90 Å². The van der Waals surface area contributed by atoms with Crippen LogP contribution in [0, 0.1) is 5.92 Å². The molecule has 0 aromatic heterocycles. The number of hydrogen-bond donors (Lipinski definition) is 0. The summed E-state index contributed by atoms with van der Waals surface area (Å²) in [6.45, 7) is 3.43. The van der Waals surface area contributed by atoms with Gasteiger partial charge in [-0.05, 0) is 42.2 Å². The first-order valence-electron chi connectivity index (χ1n) is 10.8. The predicted molar refractivity (Wildman–Crippen MR) is 112 cm³/mol. The molecule has 0 bridgehead atoms. The molecule has 0 amide bonds. The SMILES string of the molecule is C[C@H]1Cc2ccccc2C(c2ccc(OCCN3CC(CF)C3)cc2)N1CC(F)(F)F. The van der Waals surface area contributed by atoms with Crippen molar-refractivity contribution in [3.05, 3.63) is 65.2 Å². The summed E-state index contributed by atoms with van der Waals surface area (Å²) in [4.78, 5) is 3.69. The molecule has 1 saturated heterocycles. The number of rotatable bonds is 7. The summed E-state index contributed by atoms with van der Waals surface area (Å²) in [5, 5.41) is 0. The van der Waals surface area contributed by atoms with Gasteiger partial charge in [0, 0.05) is 31.6 Å². The molecule has 168 valence electrons. The lowest BCUT2D eigenvalue weighted by atomic mass is 9.85. The fraction of sp³-hybridized carbons (Fsp3) is 0.500. The average Bonchev–Trinajstić information content (AvgIpc) is 2.70. The van der Waals surface area contributed by atoms with Crippen molar-refractivity contribution >= 4 is 0 Å². The van der Waals surface area contributed by atoms with E-state index in [4.69, 9.17) is 4.74 Å². The summed E-state index contributed by atoms with van der Waals surface area (Å²) in [5.41, 5.74) is 2.85. The quantitative estimate of drug-likeness (QED) is 0.577. The van der Waals surface area contributed by atoms with Crippen LogP contribution in [0.5, 0.6) is 5.75 Å². The van der Waals surface area contributed by atoms with Crippen LogP contribution >= 0.6 is 0 Å². The fourth-order valence-electron chi connectivity index (χ4n) is 4.68. The average molecular weight is 436 g/mol. The van der Waals surface area contributed by atoms with E-state index in [1.807, 2.05) is 55.5 Å². The van der Waals surface area contributed by atoms with Crippen LogP contribution in [-0.4, -0.2) is 61.5 Å². The summed E-state index contributed by atoms with van der Waals surface area (Å²) in [7, 11) is 0. The Morgan fingerprint density at radius 2 is 1.74 bits per heavy atom. The number of ether oxygens (including phenoxy) is 1. The van der Waals surface area contributed by atoms with Crippen LogP contribution in [0.1, 0.15) is 29.7 Å². The van der Waals surface area contributed by atoms with E-state index < -0.39 is 18.8 Å². The van der Waals surface area contributed by atoms with Crippen molar-refractivity contribution in [3.63, 3.8) is 0 Å². The Bertz CT molecular complexity index is 865. The molecular formula is C24H28F4N2O. The first-order valence-corrected chi connectivity index (χ1v) is 10.8. The van der Waals surface area contributed by atoms with Gasteiger partial charge in [-0.3, -0.25) is 14.2 Å². The molecule has 2 aliphatic heterocycles. The molecular weight excluding hydrogens is 408 g/mol. The van der Waals surface area contributed by atoms with Crippen molar-refractivity contribution in [3.8, 4) is 5.75 Å². The van der Waals surface area contributed by atoms with Gasteiger partial charge in [-0.15, -0.1) is 0 Å². The van der Waals surface area contributed by atoms with E-state index in [0.29, 0.717) is 18.8 Å². The highest BCUT2D eigenvalue weighted by Gasteiger charge is 2.40. The molecule has 31 heavy (non-hydrogen) atoms. The molecule has 0 spiro atoms. The number of fused-ring (bicyclic) bond motifs is 1. The maximum absolute atomic E-state index is 13.3.